The van der Waals surface area contributed by atoms with Crippen LogP contribution in [-0.2, 0) is 4.74 Å². The van der Waals surface area contributed by atoms with Crippen LogP contribution < -0.4 is 10.9 Å². The molecule has 1 rings (SSSR count). The normalized spacial score (nSPS) is 16.7. The van der Waals surface area contributed by atoms with Crippen LogP contribution >= 0.6 is 0 Å². The average molecular weight is 132 g/mol. The Morgan fingerprint density at radius 2 is 1.44 bits per heavy atom. The van der Waals surface area contributed by atoms with Crippen LogP contribution in [0.4, 0.5) is 0 Å². The Morgan fingerprint density at radius 3 is 1.56 bits per heavy atom. The van der Waals surface area contributed by atoms with Crippen LogP contribution in [0.5, 0.6) is 0 Å². The highest BCUT2D eigenvalue weighted by atomic mass is 16.5. The first-order valence-corrected chi connectivity index (χ1v) is 3.33. The molecule has 0 spiro atoms. The number of hydrogen-bond acceptors (Lipinski definition) is 3. The molecule has 0 amide bonds. The van der Waals surface area contributed by atoms with E-state index in [1.54, 1.807) is 0 Å². The lowest BCUT2D eigenvalue weighted by Crippen LogP contribution is -2.21. The minimum atomic E-state index is 1.00. The van der Waals surface area contributed by atoms with Gasteiger partial charge in [0.05, 0.1) is 0 Å². The van der Waals surface area contributed by atoms with Gasteiger partial charge >= 0.3 is 0 Å². The van der Waals surface area contributed by atoms with Gasteiger partial charge in [-0.15, -0.1) is 0 Å². The minimum Gasteiger partial charge on any atom is -0.381 e. The molecule has 0 aromatic carbocycles. The highest BCUT2D eigenvalue weighted by molar-refractivity contribution is 4.43. The topological polar surface area (TPSA) is 33.3 Å². The molecule has 0 aromatic rings. The fraction of sp³-hybridized carbons (Fsp3) is 1.00. The van der Waals surface area contributed by atoms with E-state index in [0.29, 0.717) is 0 Å². The van der Waals surface area contributed by atoms with Gasteiger partial charge in [0.25, 0.3) is 0 Å². The summed E-state index contributed by atoms with van der Waals surface area (Å²) in [6.45, 7) is 2.00. The Morgan fingerprint density at radius 1 is 1.00 bits per heavy atom. The van der Waals surface area contributed by atoms with E-state index in [-0.39, 0.29) is 0 Å². The third-order valence-electron chi connectivity index (χ3n) is 1.08. The summed E-state index contributed by atoms with van der Waals surface area (Å²) in [7, 11) is 3.64. The minimum absolute atomic E-state index is 1.00. The lowest BCUT2D eigenvalue weighted by Gasteiger charge is -1.81. The van der Waals surface area contributed by atoms with Gasteiger partial charge in [-0.2, -0.15) is 0 Å². The molecule has 1 aliphatic heterocycles. The van der Waals surface area contributed by atoms with E-state index in [4.69, 9.17) is 4.74 Å². The van der Waals surface area contributed by atoms with Crippen molar-refractivity contribution in [3.05, 3.63) is 0 Å². The molecular formula is C6H16N2O. The third kappa shape index (κ3) is 7.88. The number of hydrogen-bond donors (Lipinski definition) is 2. The van der Waals surface area contributed by atoms with Gasteiger partial charge < -0.3 is 4.74 Å². The monoisotopic (exact) mass is 132 g/mol. The molecule has 56 valence electrons. The Balaban J connectivity index is 0.000000148. The first kappa shape index (κ1) is 8.88. The Labute approximate surface area is 56.7 Å². The second kappa shape index (κ2) is 7.88. The van der Waals surface area contributed by atoms with E-state index >= 15 is 0 Å². The molecular weight excluding hydrogens is 116 g/mol. The summed E-state index contributed by atoms with van der Waals surface area (Å²) in [5.74, 6) is 0. The highest BCUT2D eigenvalue weighted by Gasteiger charge is 1.94. The fourth-order valence-electron chi connectivity index (χ4n) is 0.510. The van der Waals surface area contributed by atoms with E-state index in [0.717, 1.165) is 13.2 Å². The highest BCUT2D eigenvalue weighted by Crippen LogP contribution is 1.98. The van der Waals surface area contributed by atoms with E-state index in [9.17, 15) is 0 Å². The van der Waals surface area contributed by atoms with Crippen LogP contribution in [0.3, 0.4) is 0 Å². The molecule has 0 aromatic heterocycles. The average Bonchev–Trinajstić information content (AvgIpc) is 2.43. The zero-order chi connectivity index (χ0) is 6.95. The summed E-state index contributed by atoms with van der Waals surface area (Å²) < 4.78 is 4.94. The zero-order valence-electron chi connectivity index (χ0n) is 6.24. The van der Waals surface area contributed by atoms with Crippen molar-refractivity contribution in [1.29, 1.82) is 0 Å². The van der Waals surface area contributed by atoms with Crippen LogP contribution in [0.2, 0.25) is 0 Å². The van der Waals surface area contributed by atoms with Crippen molar-refractivity contribution in [2.75, 3.05) is 27.3 Å². The third-order valence-corrected chi connectivity index (χ3v) is 1.08. The Bertz CT molecular complexity index is 36.7. The molecule has 0 saturated carbocycles. The molecule has 1 saturated heterocycles. The SMILES string of the molecule is C1CCOC1.CNNC. The van der Waals surface area contributed by atoms with Crippen LogP contribution in [0.25, 0.3) is 0 Å². The van der Waals surface area contributed by atoms with Crippen molar-refractivity contribution < 1.29 is 4.74 Å². The number of ether oxygens (including phenoxy) is 1. The van der Waals surface area contributed by atoms with Crippen molar-refractivity contribution in [1.82, 2.24) is 10.9 Å². The molecule has 0 bridgehead atoms. The van der Waals surface area contributed by atoms with Crippen LogP contribution in [0.15, 0.2) is 0 Å². The summed E-state index contributed by atoms with van der Waals surface area (Å²) in [5, 5.41) is 0. The number of nitrogens with one attached hydrogen (secondary N) is 2. The Kier molecular flexibility index (Phi) is 7.77. The maximum atomic E-state index is 4.94. The maximum Gasteiger partial charge on any atom is 0.0466 e. The molecule has 1 aliphatic rings. The molecule has 0 radical (unpaired) electrons. The zero-order valence-corrected chi connectivity index (χ0v) is 6.24. The van der Waals surface area contributed by atoms with Crippen molar-refractivity contribution >= 4 is 0 Å². The molecule has 1 heterocycles. The number of hydrazine groups is 1. The van der Waals surface area contributed by atoms with E-state index in [1.165, 1.54) is 12.8 Å². The van der Waals surface area contributed by atoms with Gasteiger partial charge in [-0.05, 0) is 26.9 Å². The summed E-state index contributed by atoms with van der Waals surface area (Å²) >= 11 is 0. The lowest BCUT2D eigenvalue weighted by molar-refractivity contribution is 0.198. The van der Waals surface area contributed by atoms with Crippen molar-refractivity contribution in [2.45, 2.75) is 12.8 Å². The van der Waals surface area contributed by atoms with Crippen LogP contribution in [-0.4, -0.2) is 27.3 Å². The van der Waals surface area contributed by atoms with Crippen molar-refractivity contribution in [3.63, 3.8) is 0 Å². The summed E-state index contributed by atoms with van der Waals surface area (Å²) in [5.41, 5.74) is 5.36. The first-order chi connectivity index (χ1) is 4.41. The molecule has 0 atom stereocenters. The van der Waals surface area contributed by atoms with Crippen LogP contribution in [0, 0.1) is 0 Å². The van der Waals surface area contributed by atoms with Gasteiger partial charge in [0.1, 0.15) is 0 Å². The molecule has 3 nitrogen and oxygen atoms in total. The smallest absolute Gasteiger partial charge is 0.0466 e. The fourth-order valence-corrected chi connectivity index (χ4v) is 0.510. The van der Waals surface area contributed by atoms with E-state index < -0.39 is 0 Å². The summed E-state index contributed by atoms with van der Waals surface area (Å²) in [4.78, 5) is 0. The Hall–Kier alpha value is -0.120. The molecule has 0 aliphatic carbocycles. The maximum absolute atomic E-state index is 4.94. The quantitative estimate of drug-likeness (QED) is 0.498. The predicted molar refractivity (Wildman–Crippen MR) is 38.2 cm³/mol. The first-order valence-electron chi connectivity index (χ1n) is 3.33. The molecule has 1 fully saturated rings. The van der Waals surface area contributed by atoms with Gasteiger partial charge in [0.15, 0.2) is 0 Å². The molecule has 2 N–H and O–H groups in total. The van der Waals surface area contributed by atoms with Crippen molar-refractivity contribution in [3.8, 4) is 0 Å². The standard InChI is InChI=1S/C4H8O.C2H8N2/c1-2-4-5-3-1;1-3-4-2/h1-4H2;3-4H,1-2H3. The molecule has 0 unspecified atom stereocenters. The second-order valence-corrected chi connectivity index (χ2v) is 1.82. The van der Waals surface area contributed by atoms with E-state index in [1.807, 2.05) is 14.1 Å². The summed E-state index contributed by atoms with van der Waals surface area (Å²) in [6.07, 6.45) is 2.56. The van der Waals surface area contributed by atoms with Crippen LogP contribution in [0.1, 0.15) is 12.8 Å². The van der Waals surface area contributed by atoms with Gasteiger partial charge in [-0.3, -0.25) is 10.9 Å². The predicted octanol–water partition coefficient (Wildman–Crippen LogP) is 0.137. The lowest BCUT2D eigenvalue weighted by atomic mass is 10.4. The molecule has 3 heteroatoms. The van der Waals surface area contributed by atoms with Gasteiger partial charge in [-0.1, -0.05) is 0 Å². The van der Waals surface area contributed by atoms with Gasteiger partial charge in [0.2, 0.25) is 0 Å². The van der Waals surface area contributed by atoms with E-state index in [2.05, 4.69) is 10.9 Å². The second-order valence-electron chi connectivity index (χ2n) is 1.82. The van der Waals surface area contributed by atoms with Gasteiger partial charge in [-0.25, -0.2) is 0 Å². The number of rotatable bonds is 1. The molecule has 9 heavy (non-hydrogen) atoms. The largest absolute Gasteiger partial charge is 0.381 e. The summed E-state index contributed by atoms with van der Waals surface area (Å²) in [6, 6.07) is 0. The van der Waals surface area contributed by atoms with Gasteiger partial charge in [0, 0.05) is 13.2 Å². The van der Waals surface area contributed by atoms with Crippen molar-refractivity contribution in [2.24, 2.45) is 0 Å².